The van der Waals surface area contributed by atoms with Gasteiger partial charge >= 0.3 is 0 Å². The van der Waals surface area contributed by atoms with Crippen LogP contribution < -0.4 is 15.0 Å². The van der Waals surface area contributed by atoms with Gasteiger partial charge in [0.25, 0.3) is 0 Å². The highest BCUT2D eigenvalue weighted by Crippen LogP contribution is 2.32. The van der Waals surface area contributed by atoms with Crippen molar-refractivity contribution in [1.29, 1.82) is 0 Å². The van der Waals surface area contributed by atoms with Crippen molar-refractivity contribution in [3.8, 4) is 5.88 Å². The number of nitrogens with one attached hydrogen (secondary N) is 1. The minimum Gasteiger partial charge on any atom is -0.480 e. The molecular formula is C15H27N3OS. The SMILES string of the molecule is CCC(=Cc1sc(N(C)C)nc1OC)CNCC(C)C. The molecule has 0 amide bonds. The van der Waals surface area contributed by atoms with Crippen LogP contribution in [-0.2, 0) is 0 Å². The summed E-state index contributed by atoms with van der Waals surface area (Å²) in [4.78, 5) is 7.59. The molecule has 1 aromatic rings. The van der Waals surface area contributed by atoms with Crippen molar-refractivity contribution < 1.29 is 4.74 Å². The van der Waals surface area contributed by atoms with Gasteiger partial charge in [0, 0.05) is 20.6 Å². The fourth-order valence-corrected chi connectivity index (χ4v) is 2.67. The second-order valence-electron chi connectivity index (χ2n) is 5.45. The molecule has 0 aliphatic rings. The molecule has 0 atom stereocenters. The Kier molecular flexibility index (Phi) is 7.02. The van der Waals surface area contributed by atoms with Crippen LogP contribution in [0.15, 0.2) is 5.57 Å². The Bertz CT molecular complexity index is 438. The molecule has 1 rings (SSSR count). The maximum absolute atomic E-state index is 5.37. The largest absolute Gasteiger partial charge is 0.480 e. The third-order valence-electron chi connectivity index (χ3n) is 2.88. The molecule has 0 fully saturated rings. The summed E-state index contributed by atoms with van der Waals surface area (Å²) in [5.41, 5.74) is 1.37. The third kappa shape index (κ3) is 5.13. The summed E-state index contributed by atoms with van der Waals surface area (Å²) in [6.07, 6.45) is 3.24. The first-order valence-electron chi connectivity index (χ1n) is 7.10. The molecule has 0 saturated heterocycles. The molecule has 5 heteroatoms. The van der Waals surface area contributed by atoms with Crippen molar-refractivity contribution in [2.24, 2.45) is 5.92 Å². The summed E-state index contributed by atoms with van der Waals surface area (Å²) < 4.78 is 5.37. The van der Waals surface area contributed by atoms with E-state index in [0.717, 1.165) is 29.5 Å². The van der Waals surface area contributed by atoms with Crippen LogP contribution in [0.4, 0.5) is 5.13 Å². The molecule has 1 aromatic heterocycles. The van der Waals surface area contributed by atoms with Gasteiger partial charge in [0.1, 0.15) is 0 Å². The van der Waals surface area contributed by atoms with Gasteiger partial charge in [-0.05, 0) is 25.0 Å². The van der Waals surface area contributed by atoms with Crippen molar-refractivity contribution in [2.45, 2.75) is 27.2 Å². The molecular weight excluding hydrogens is 270 g/mol. The number of hydrogen-bond donors (Lipinski definition) is 1. The Morgan fingerprint density at radius 1 is 1.45 bits per heavy atom. The van der Waals surface area contributed by atoms with Gasteiger partial charge in [-0.15, -0.1) is 0 Å². The predicted molar refractivity (Wildman–Crippen MR) is 89.0 cm³/mol. The summed E-state index contributed by atoms with van der Waals surface area (Å²) in [5, 5.41) is 4.46. The summed E-state index contributed by atoms with van der Waals surface area (Å²) in [6.45, 7) is 8.59. The molecule has 4 nitrogen and oxygen atoms in total. The van der Waals surface area contributed by atoms with E-state index in [-0.39, 0.29) is 0 Å². The number of methoxy groups -OCH3 is 1. The van der Waals surface area contributed by atoms with Gasteiger partial charge in [-0.2, -0.15) is 4.98 Å². The normalized spacial score (nSPS) is 12.1. The molecule has 0 bridgehead atoms. The quantitative estimate of drug-likeness (QED) is 0.799. The first-order chi connectivity index (χ1) is 9.47. The van der Waals surface area contributed by atoms with E-state index >= 15 is 0 Å². The zero-order valence-electron chi connectivity index (χ0n) is 13.5. The van der Waals surface area contributed by atoms with E-state index in [9.17, 15) is 0 Å². The molecule has 0 aliphatic carbocycles. The van der Waals surface area contributed by atoms with Crippen molar-refractivity contribution >= 4 is 22.5 Å². The molecule has 1 N–H and O–H groups in total. The first kappa shape index (κ1) is 17.0. The van der Waals surface area contributed by atoms with Crippen LogP contribution in [-0.4, -0.2) is 39.3 Å². The van der Waals surface area contributed by atoms with Crippen LogP contribution in [0.3, 0.4) is 0 Å². The zero-order chi connectivity index (χ0) is 15.1. The monoisotopic (exact) mass is 297 g/mol. The van der Waals surface area contributed by atoms with Gasteiger partial charge < -0.3 is 15.0 Å². The number of anilines is 1. The van der Waals surface area contributed by atoms with E-state index in [0.29, 0.717) is 11.8 Å². The number of nitrogens with zero attached hydrogens (tertiary/aromatic N) is 2. The lowest BCUT2D eigenvalue weighted by molar-refractivity contribution is 0.400. The second kappa shape index (κ2) is 8.27. The van der Waals surface area contributed by atoms with E-state index in [1.807, 2.05) is 19.0 Å². The standard InChI is InChI=1S/C15H27N3OS/c1-7-12(10-16-9-11(2)3)8-13-14(19-6)17-15(20-13)18(4)5/h8,11,16H,7,9-10H2,1-6H3. The number of aromatic nitrogens is 1. The van der Waals surface area contributed by atoms with Gasteiger partial charge in [0.05, 0.1) is 12.0 Å². The van der Waals surface area contributed by atoms with Gasteiger partial charge in [-0.25, -0.2) is 0 Å². The van der Waals surface area contributed by atoms with Crippen molar-refractivity contribution in [2.75, 3.05) is 39.2 Å². The molecule has 1 heterocycles. The summed E-state index contributed by atoms with van der Waals surface area (Å²) in [5.74, 6) is 1.39. The van der Waals surface area contributed by atoms with Crippen molar-refractivity contribution in [3.63, 3.8) is 0 Å². The molecule has 114 valence electrons. The lowest BCUT2D eigenvalue weighted by Crippen LogP contribution is -2.21. The molecule has 0 radical (unpaired) electrons. The smallest absolute Gasteiger partial charge is 0.233 e. The fraction of sp³-hybridized carbons (Fsp3) is 0.667. The summed E-state index contributed by atoms with van der Waals surface area (Å²) in [7, 11) is 5.67. The highest BCUT2D eigenvalue weighted by molar-refractivity contribution is 7.16. The van der Waals surface area contributed by atoms with E-state index < -0.39 is 0 Å². The molecule has 0 aromatic carbocycles. The molecule has 0 saturated carbocycles. The minimum atomic E-state index is 0.673. The minimum absolute atomic E-state index is 0.673. The third-order valence-corrected chi connectivity index (χ3v) is 4.03. The number of hydrogen-bond acceptors (Lipinski definition) is 5. The van der Waals surface area contributed by atoms with Gasteiger partial charge in [0.2, 0.25) is 5.88 Å². The Morgan fingerprint density at radius 2 is 2.15 bits per heavy atom. The highest BCUT2D eigenvalue weighted by atomic mass is 32.1. The number of ether oxygens (including phenoxy) is 1. The lowest BCUT2D eigenvalue weighted by Gasteiger charge is -2.09. The van der Waals surface area contributed by atoms with Crippen LogP contribution in [0.5, 0.6) is 5.88 Å². The van der Waals surface area contributed by atoms with E-state index in [1.165, 1.54) is 5.57 Å². The van der Waals surface area contributed by atoms with E-state index in [1.54, 1.807) is 18.4 Å². The molecule has 0 unspecified atom stereocenters. The maximum Gasteiger partial charge on any atom is 0.233 e. The van der Waals surface area contributed by atoms with E-state index in [4.69, 9.17) is 4.74 Å². The maximum atomic E-state index is 5.37. The van der Waals surface area contributed by atoms with Crippen molar-refractivity contribution in [1.82, 2.24) is 10.3 Å². The first-order valence-corrected chi connectivity index (χ1v) is 7.91. The average molecular weight is 297 g/mol. The summed E-state index contributed by atoms with van der Waals surface area (Å²) in [6, 6.07) is 0. The van der Waals surface area contributed by atoms with Gasteiger partial charge in [-0.3, -0.25) is 0 Å². The molecule has 0 spiro atoms. The molecule has 20 heavy (non-hydrogen) atoms. The van der Waals surface area contributed by atoms with Crippen molar-refractivity contribution in [3.05, 3.63) is 10.5 Å². The lowest BCUT2D eigenvalue weighted by atomic mass is 10.1. The Balaban J connectivity index is 2.82. The Hall–Kier alpha value is -1.07. The van der Waals surface area contributed by atoms with Crippen LogP contribution >= 0.6 is 11.3 Å². The van der Waals surface area contributed by atoms with Crippen LogP contribution in [0, 0.1) is 5.92 Å². The molecule has 0 aliphatic heterocycles. The van der Waals surface area contributed by atoms with Crippen LogP contribution in [0.2, 0.25) is 0 Å². The van der Waals surface area contributed by atoms with Gasteiger partial charge in [0.15, 0.2) is 5.13 Å². The number of thiazole rings is 1. The van der Waals surface area contributed by atoms with E-state index in [2.05, 4.69) is 37.1 Å². The fourth-order valence-electron chi connectivity index (χ4n) is 1.72. The Labute approximate surface area is 126 Å². The summed E-state index contributed by atoms with van der Waals surface area (Å²) >= 11 is 1.66. The van der Waals surface area contributed by atoms with Gasteiger partial charge in [-0.1, -0.05) is 37.7 Å². The second-order valence-corrected chi connectivity index (χ2v) is 6.45. The predicted octanol–water partition coefficient (Wildman–Crippen LogP) is 3.26. The average Bonchev–Trinajstić information content (AvgIpc) is 2.80. The Morgan fingerprint density at radius 3 is 2.65 bits per heavy atom. The van der Waals surface area contributed by atoms with Crippen LogP contribution in [0.25, 0.3) is 6.08 Å². The van der Waals surface area contributed by atoms with Crippen LogP contribution in [0.1, 0.15) is 32.1 Å². The zero-order valence-corrected chi connectivity index (χ0v) is 14.3. The topological polar surface area (TPSA) is 37.4 Å². The number of rotatable bonds is 8. The highest BCUT2D eigenvalue weighted by Gasteiger charge is 2.11.